The fourth-order valence-corrected chi connectivity index (χ4v) is 3.04. The van der Waals surface area contributed by atoms with Crippen molar-refractivity contribution in [2.24, 2.45) is 0 Å². The third-order valence-electron chi connectivity index (χ3n) is 4.56. The summed E-state index contributed by atoms with van der Waals surface area (Å²) in [6.45, 7) is 4.94. The van der Waals surface area contributed by atoms with Gasteiger partial charge in [-0.2, -0.15) is 0 Å². The van der Waals surface area contributed by atoms with Gasteiger partial charge < -0.3 is 15.2 Å². The number of carbonyl (C=O) groups excluding carboxylic acids is 1. The molecule has 2 N–H and O–H groups in total. The van der Waals surface area contributed by atoms with Gasteiger partial charge in [-0.25, -0.2) is 9.59 Å². The van der Waals surface area contributed by atoms with E-state index in [9.17, 15) is 14.7 Å². The fourth-order valence-electron chi connectivity index (χ4n) is 3.04. The topological polar surface area (TPSA) is 75.6 Å². The molecular weight excluding hydrogens is 318 g/mol. The van der Waals surface area contributed by atoms with E-state index in [0.29, 0.717) is 0 Å². The van der Waals surface area contributed by atoms with E-state index in [2.05, 4.69) is 11.9 Å². The van der Waals surface area contributed by atoms with Gasteiger partial charge >= 0.3 is 12.1 Å². The molecular formula is C20H19NO4. The van der Waals surface area contributed by atoms with Gasteiger partial charge in [0, 0.05) is 5.92 Å². The van der Waals surface area contributed by atoms with Crippen molar-refractivity contribution in [1.82, 2.24) is 5.32 Å². The molecule has 0 aromatic heterocycles. The second kappa shape index (κ2) is 6.43. The van der Waals surface area contributed by atoms with Crippen LogP contribution in [0.2, 0.25) is 0 Å². The minimum absolute atomic E-state index is 0.0713. The van der Waals surface area contributed by atoms with Crippen LogP contribution in [0.1, 0.15) is 24.0 Å². The van der Waals surface area contributed by atoms with Gasteiger partial charge in [0.05, 0.1) is 0 Å². The smallest absolute Gasteiger partial charge is 0.408 e. The molecule has 5 heteroatoms. The lowest BCUT2D eigenvalue weighted by atomic mass is 9.98. The van der Waals surface area contributed by atoms with E-state index in [1.165, 1.54) is 6.92 Å². The van der Waals surface area contributed by atoms with Crippen molar-refractivity contribution in [3.05, 3.63) is 72.3 Å². The third kappa shape index (κ3) is 3.01. The number of nitrogens with one attached hydrogen (secondary N) is 1. The molecule has 0 saturated heterocycles. The minimum Gasteiger partial charge on any atom is -0.479 e. The molecule has 25 heavy (non-hydrogen) atoms. The van der Waals surface area contributed by atoms with Crippen LogP contribution in [0, 0.1) is 0 Å². The van der Waals surface area contributed by atoms with E-state index in [1.807, 2.05) is 48.5 Å². The Kier molecular flexibility index (Phi) is 4.31. The first-order valence-electron chi connectivity index (χ1n) is 7.96. The molecule has 0 saturated carbocycles. The molecule has 1 aliphatic rings. The Morgan fingerprint density at radius 2 is 1.68 bits per heavy atom. The molecule has 0 radical (unpaired) electrons. The van der Waals surface area contributed by atoms with Crippen molar-refractivity contribution in [3.63, 3.8) is 0 Å². The summed E-state index contributed by atoms with van der Waals surface area (Å²) in [7, 11) is 0. The van der Waals surface area contributed by atoms with Crippen molar-refractivity contribution in [2.45, 2.75) is 18.4 Å². The zero-order valence-electron chi connectivity index (χ0n) is 13.9. The molecule has 128 valence electrons. The van der Waals surface area contributed by atoms with Gasteiger partial charge in [0.25, 0.3) is 0 Å². The van der Waals surface area contributed by atoms with Gasteiger partial charge in [-0.05, 0) is 29.2 Å². The molecule has 1 aliphatic carbocycles. The highest BCUT2D eigenvalue weighted by atomic mass is 16.5. The third-order valence-corrected chi connectivity index (χ3v) is 4.56. The molecule has 3 rings (SSSR count). The first-order valence-corrected chi connectivity index (χ1v) is 7.96. The Labute approximate surface area is 145 Å². The van der Waals surface area contributed by atoms with Crippen LogP contribution < -0.4 is 5.32 Å². The van der Waals surface area contributed by atoms with E-state index >= 15 is 0 Å². The average Bonchev–Trinajstić information content (AvgIpc) is 2.94. The lowest BCUT2D eigenvalue weighted by Crippen LogP contribution is -2.50. The largest absolute Gasteiger partial charge is 0.479 e. The Morgan fingerprint density at radius 1 is 1.16 bits per heavy atom. The van der Waals surface area contributed by atoms with Crippen molar-refractivity contribution in [2.75, 3.05) is 6.61 Å². The lowest BCUT2D eigenvalue weighted by Gasteiger charge is -2.22. The summed E-state index contributed by atoms with van der Waals surface area (Å²) in [6, 6.07) is 16.0. The number of carboxylic acids is 1. The minimum atomic E-state index is -1.57. The summed E-state index contributed by atoms with van der Waals surface area (Å²) in [4.78, 5) is 23.3. The maximum Gasteiger partial charge on any atom is 0.408 e. The molecule has 0 unspecified atom stereocenters. The Bertz CT molecular complexity index is 800. The predicted molar refractivity (Wildman–Crippen MR) is 94.4 cm³/mol. The van der Waals surface area contributed by atoms with Crippen LogP contribution in [0.5, 0.6) is 0 Å². The molecule has 0 aliphatic heterocycles. The number of aliphatic carboxylic acids is 1. The van der Waals surface area contributed by atoms with E-state index in [0.717, 1.165) is 28.3 Å². The zero-order chi connectivity index (χ0) is 18.0. The average molecular weight is 337 g/mol. The zero-order valence-corrected chi connectivity index (χ0v) is 13.9. The molecule has 1 amide bonds. The van der Waals surface area contributed by atoms with Crippen LogP contribution in [-0.4, -0.2) is 29.3 Å². The Balaban J connectivity index is 1.77. The number of carboxylic acid groups (broad SMARTS) is 1. The Morgan fingerprint density at radius 3 is 2.16 bits per heavy atom. The fraction of sp³-hybridized carbons (Fsp3) is 0.200. The first-order chi connectivity index (χ1) is 12.0. The second-order valence-electron chi connectivity index (χ2n) is 6.16. The van der Waals surface area contributed by atoms with E-state index in [4.69, 9.17) is 4.74 Å². The van der Waals surface area contributed by atoms with E-state index in [-0.39, 0.29) is 12.5 Å². The highest BCUT2D eigenvalue weighted by Crippen LogP contribution is 2.44. The molecule has 2 aromatic rings. The summed E-state index contributed by atoms with van der Waals surface area (Å²) < 4.78 is 5.33. The number of benzene rings is 2. The SMILES string of the molecule is C=C[C@@](C)(NC(=O)OCC1c2ccccc2-c2ccccc21)C(=O)O. The Hall–Kier alpha value is -3.08. The quantitative estimate of drug-likeness (QED) is 0.818. The van der Waals surface area contributed by atoms with Crippen LogP contribution in [0.3, 0.4) is 0 Å². The number of rotatable bonds is 5. The lowest BCUT2D eigenvalue weighted by molar-refractivity contribution is -0.141. The van der Waals surface area contributed by atoms with Crippen molar-refractivity contribution >= 4 is 12.1 Å². The summed E-state index contributed by atoms with van der Waals surface area (Å²) in [6.07, 6.45) is 0.378. The van der Waals surface area contributed by atoms with Crippen LogP contribution in [-0.2, 0) is 9.53 Å². The van der Waals surface area contributed by atoms with Crippen LogP contribution >= 0.6 is 0 Å². The molecule has 0 spiro atoms. The molecule has 1 atom stereocenters. The maximum absolute atomic E-state index is 12.1. The number of hydrogen-bond acceptors (Lipinski definition) is 3. The highest BCUT2D eigenvalue weighted by molar-refractivity contribution is 5.86. The van der Waals surface area contributed by atoms with Crippen molar-refractivity contribution < 1.29 is 19.4 Å². The highest BCUT2D eigenvalue weighted by Gasteiger charge is 2.33. The molecule has 5 nitrogen and oxygen atoms in total. The van der Waals surface area contributed by atoms with Gasteiger partial charge in [0.1, 0.15) is 6.61 Å². The van der Waals surface area contributed by atoms with Crippen LogP contribution in [0.4, 0.5) is 4.79 Å². The second-order valence-corrected chi connectivity index (χ2v) is 6.16. The van der Waals surface area contributed by atoms with Crippen molar-refractivity contribution in [1.29, 1.82) is 0 Å². The van der Waals surface area contributed by atoms with Gasteiger partial charge in [-0.15, -0.1) is 6.58 Å². The van der Waals surface area contributed by atoms with Crippen LogP contribution in [0.15, 0.2) is 61.2 Å². The van der Waals surface area contributed by atoms with Gasteiger partial charge in [0.15, 0.2) is 5.54 Å². The number of carbonyl (C=O) groups is 2. The monoisotopic (exact) mass is 337 g/mol. The van der Waals surface area contributed by atoms with E-state index in [1.54, 1.807) is 0 Å². The summed E-state index contributed by atoms with van der Waals surface area (Å²) >= 11 is 0. The molecule has 0 heterocycles. The summed E-state index contributed by atoms with van der Waals surface area (Å²) in [5.74, 6) is -1.27. The molecule has 2 aromatic carbocycles. The van der Waals surface area contributed by atoms with Gasteiger partial charge in [0.2, 0.25) is 0 Å². The summed E-state index contributed by atoms with van der Waals surface area (Å²) in [5.41, 5.74) is 2.90. The van der Waals surface area contributed by atoms with Gasteiger partial charge in [-0.3, -0.25) is 0 Å². The number of ether oxygens (including phenoxy) is 1. The number of hydrogen-bond donors (Lipinski definition) is 2. The first kappa shape index (κ1) is 16.8. The van der Waals surface area contributed by atoms with E-state index < -0.39 is 17.6 Å². The number of amides is 1. The van der Waals surface area contributed by atoms with Crippen LogP contribution in [0.25, 0.3) is 11.1 Å². The summed E-state index contributed by atoms with van der Waals surface area (Å²) in [5, 5.41) is 11.5. The van der Waals surface area contributed by atoms with Crippen molar-refractivity contribution in [3.8, 4) is 11.1 Å². The molecule has 0 bridgehead atoms. The number of fused-ring (bicyclic) bond motifs is 3. The number of alkyl carbamates (subject to hydrolysis) is 1. The van der Waals surface area contributed by atoms with Gasteiger partial charge in [-0.1, -0.05) is 54.6 Å². The predicted octanol–water partition coefficient (Wildman–Crippen LogP) is 3.55. The normalized spacial score (nSPS) is 14.8. The maximum atomic E-state index is 12.1. The molecule has 0 fully saturated rings. The standard InChI is InChI=1S/C20H19NO4/c1-3-20(2,18(22)23)21-19(24)25-12-17-15-10-6-4-8-13(15)14-9-5-7-11-16(14)17/h3-11,17H,1,12H2,2H3,(H,21,24)(H,22,23)/t20-/m1/s1.